The quantitative estimate of drug-likeness (QED) is 0.784. The topological polar surface area (TPSA) is 59.1 Å². The average Bonchev–Trinajstić information content (AvgIpc) is 3.38. The number of nitrogens with zero attached hydrogens (tertiary/aromatic N) is 2. The Balaban J connectivity index is 1.73. The van der Waals surface area contributed by atoms with Gasteiger partial charge in [-0.15, -0.1) is 0 Å². The fourth-order valence-electron chi connectivity index (χ4n) is 2.95. The highest BCUT2D eigenvalue weighted by atomic mass is 32.2. The Hall–Kier alpha value is -1.31. The molecule has 2 aliphatic rings. The van der Waals surface area contributed by atoms with E-state index in [0.717, 1.165) is 25.6 Å². The van der Waals surface area contributed by atoms with Gasteiger partial charge in [0.1, 0.15) is 16.4 Å². The summed E-state index contributed by atoms with van der Waals surface area (Å²) in [7, 11) is -0.523. The number of benzene rings is 1. The second-order valence-electron chi connectivity index (χ2n) is 6.16. The number of rotatable bonds is 6. The van der Waals surface area contributed by atoms with Crippen LogP contribution in [0.5, 0.6) is 11.5 Å². The molecule has 1 heterocycles. The minimum atomic E-state index is -3.54. The third kappa shape index (κ3) is 3.62. The second kappa shape index (κ2) is 6.67. The highest BCUT2D eigenvalue weighted by Crippen LogP contribution is 2.32. The van der Waals surface area contributed by atoms with Crippen molar-refractivity contribution in [2.75, 3.05) is 46.9 Å². The monoisotopic (exact) mass is 340 g/mol. The largest absolute Gasteiger partial charge is 0.497 e. The van der Waals surface area contributed by atoms with Crippen LogP contribution in [0.4, 0.5) is 0 Å². The molecule has 0 spiro atoms. The smallest absolute Gasteiger partial charge is 0.246 e. The molecule has 0 N–H and O–H groups in total. The number of hydrogen-bond donors (Lipinski definition) is 0. The maximum absolute atomic E-state index is 12.9. The molecule has 1 saturated carbocycles. The molecule has 0 radical (unpaired) electrons. The van der Waals surface area contributed by atoms with Crippen LogP contribution in [-0.4, -0.2) is 64.6 Å². The van der Waals surface area contributed by atoms with Crippen molar-refractivity contribution in [2.24, 2.45) is 5.92 Å². The van der Waals surface area contributed by atoms with Crippen LogP contribution >= 0.6 is 0 Å². The van der Waals surface area contributed by atoms with E-state index >= 15 is 0 Å². The Bertz CT molecular complexity index is 650. The Morgan fingerprint density at radius 3 is 2.35 bits per heavy atom. The number of methoxy groups -OCH3 is 2. The third-order valence-corrected chi connectivity index (χ3v) is 6.47. The molecule has 1 aromatic carbocycles. The minimum Gasteiger partial charge on any atom is -0.497 e. The summed E-state index contributed by atoms with van der Waals surface area (Å²) in [6, 6.07) is 4.82. The van der Waals surface area contributed by atoms with Gasteiger partial charge in [-0.05, 0) is 30.9 Å². The van der Waals surface area contributed by atoms with Crippen molar-refractivity contribution in [3.63, 3.8) is 0 Å². The molecular weight excluding hydrogens is 316 g/mol. The molecule has 1 saturated heterocycles. The predicted octanol–water partition coefficient (Wildman–Crippen LogP) is 1.42. The van der Waals surface area contributed by atoms with Crippen LogP contribution in [0.25, 0.3) is 0 Å². The van der Waals surface area contributed by atoms with E-state index in [0.29, 0.717) is 24.6 Å². The van der Waals surface area contributed by atoms with Crippen LogP contribution in [0.15, 0.2) is 23.1 Å². The Morgan fingerprint density at radius 1 is 1.09 bits per heavy atom. The first-order valence-corrected chi connectivity index (χ1v) is 9.43. The molecule has 3 rings (SSSR count). The molecular formula is C16H24N2O4S. The molecule has 23 heavy (non-hydrogen) atoms. The second-order valence-corrected chi connectivity index (χ2v) is 8.07. The number of ether oxygens (including phenoxy) is 2. The van der Waals surface area contributed by atoms with Crippen LogP contribution in [0.1, 0.15) is 12.8 Å². The van der Waals surface area contributed by atoms with Gasteiger partial charge in [-0.1, -0.05) is 0 Å². The van der Waals surface area contributed by atoms with E-state index in [4.69, 9.17) is 9.47 Å². The van der Waals surface area contributed by atoms with Crippen LogP contribution in [0, 0.1) is 5.92 Å². The van der Waals surface area contributed by atoms with Gasteiger partial charge in [0.05, 0.1) is 14.2 Å². The van der Waals surface area contributed by atoms with Crippen molar-refractivity contribution in [1.82, 2.24) is 9.21 Å². The SMILES string of the molecule is COc1ccc(S(=O)(=O)N2CCN(CC3CC3)CC2)c(OC)c1. The number of piperazine rings is 1. The molecule has 0 amide bonds. The molecule has 1 aromatic rings. The zero-order chi connectivity index (χ0) is 16.4. The average molecular weight is 340 g/mol. The van der Waals surface area contributed by atoms with E-state index in [9.17, 15) is 8.42 Å². The van der Waals surface area contributed by atoms with Crippen molar-refractivity contribution in [2.45, 2.75) is 17.7 Å². The van der Waals surface area contributed by atoms with Crippen molar-refractivity contribution < 1.29 is 17.9 Å². The van der Waals surface area contributed by atoms with E-state index in [1.54, 1.807) is 29.6 Å². The van der Waals surface area contributed by atoms with Gasteiger partial charge < -0.3 is 14.4 Å². The summed E-state index contributed by atoms with van der Waals surface area (Å²) in [4.78, 5) is 2.58. The summed E-state index contributed by atoms with van der Waals surface area (Å²) in [5.74, 6) is 1.74. The van der Waals surface area contributed by atoms with Crippen LogP contribution in [0.2, 0.25) is 0 Å². The lowest BCUT2D eigenvalue weighted by atomic mass is 10.3. The van der Waals surface area contributed by atoms with Gasteiger partial charge in [0.15, 0.2) is 0 Å². The highest BCUT2D eigenvalue weighted by Gasteiger charge is 2.32. The fourth-order valence-corrected chi connectivity index (χ4v) is 4.50. The molecule has 0 bridgehead atoms. The van der Waals surface area contributed by atoms with Gasteiger partial charge in [-0.25, -0.2) is 8.42 Å². The lowest BCUT2D eigenvalue weighted by molar-refractivity contribution is 0.182. The van der Waals surface area contributed by atoms with Gasteiger partial charge >= 0.3 is 0 Å². The van der Waals surface area contributed by atoms with Crippen LogP contribution in [-0.2, 0) is 10.0 Å². The van der Waals surface area contributed by atoms with Gasteiger partial charge in [-0.3, -0.25) is 0 Å². The van der Waals surface area contributed by atoms with Crippen molar-refractivity contribution in [1.29, 1.82) is 0 Å². The predicted molar refractivity (Wildman–Crippen MR) is 87.5 cm³/mol. The molecule has 1 aliphatic carbocycles. The van der Waals surface area contributed by atoms with E-state index in [2.05, 4.69) is 4.90 Å². The maximum Gasteiger partial charge on any atom is 0.246 e. The molecule has 0 unspecified atom stereocenters. The van der Waals surface area contributed by atoms with Crippen LogP contribution < -0.4 is 9.47 Å². The molecule has 7 heteroatoms. The first-order chi connectivity index (χ1) is 11.0. The zero-order valence-corrected chi connectivity index (χ0v) is 14.5. The highest BCUT2D eigenvalue weighted by molar-refractivity contribution is 7.89. The zero-order valence-electron chi connectivity index (χ0n) is 13.7. The Morgan fingerprint density at radius 2 is 1.78 bits per heavy atom. The summed E-state index contributed by atoms with van der Waals surface area (Å²) in [6.07, 6.45) is 2.64. The van der Waals surface area contributed by atoms with E-state index in [-0.39, 0.29) is 4.90 Å². The summed E-state index contributed by atoms with van der Waals surface area (Å²) in [6.45, 7) is 3.77. The summed E-state index contributed by atoms with van der Waals surface area (Å²) < 4.78 is 37.7. The molecule has 6 nitrogen and oxygen atoms in total. The Labute approximate surface area is 138 Å². The van der Waals surface area contributed by atoms with E-state index in [1.807, 2.05) is 0 Å². The summed E-state index contributed by atoms with van der Waals surface area (Å²) in [5, 5.41) is 0. The van der Waals surface area contributed by atoms with Gasteiger partial charge in [0.25, 0.3) is 0 Å². The van der Waals surface area contributed by atoms with Gasteiger partial charge in [0, 0.05) is 38.8 Å². The first kappa shape index (κ1) is 16.5. The summed E-state index contributed by atoms with van der Waals surface area (Å²) >= 11 is 0. The molecule has 0 atom stereocenters. The van der Waals surface area contributed by atoms with Gasteiger partial charge in [0.2, 0.25) is 10.0 Å². The molecule has 0 aromatic heterocycles. The van der Waals surface area contributed by atoms with E-state index in [1.165, 1.54) is 20.0 Å². The maximum atomic E-state index is 12.9. The molecule has 128 valence electrons. The van der Waals surface area contributed by atoms with Gasteiger partial charge in [-0.2, -0.15) is 4.31 Å². The molecule has 1 aliphatic heterocycles. The van der Waals surface area contributed by atoms with Crippen molar-refractivity contribution >= 4 is 10.0 Å². The third-order valence-electron chi connectivity index (χ3n) is 4.53. The van der Waals surface area contributed by atoms with Crippen LogP contribution in [0.3, 0.4) is 0 Å². The minimum absolute atomic E-state index is 0.205. The normalized spacial score (nSPS) is 20.4. The standard InChI is InChI=1S/C16H24N2O4S/c1-21-14-5-6-16(15(11-14)22-2)23(19,20)18-9-7-17(8-10-18)12-13-3-4-13/h5-6,11,13H,3-4,7-10,12H2,1-2H3. The first-order valence-electron chi connectivity index (χ1n) is 7.99. The van der Waals surface area contributed by atoms with Crippen molar-refractivity contribution in [3.05, 3.63) is 18.2 Å². The van der Waals surface area contributed by atoms with E-state index < -0.39 is 10.0 Å². The molecule has 2 fully saturated rings. The summed E-state index contributed by atoms with van der Waals surface area (Å²) in [5.41, 5.74) is 0. The lowest BCUT2D eigenvalue weighted by Crippen LogP contribution is -2.49. The number of sulfonamides is 1. The Kier molecular flexibility index (Phi) is 4.79. The fraction of sp³-hybridized carbons (Fsp3) is 0.625. The lowest BCUT2D eigenvalue weighted by Gasteiger charge is -2.34. The number of hydrogen-bond acceptors (Lipinski definition) is 5. The van der Waals surface area contributed by atoms with Crippen molar-refractivity contribution in [3.8, 4) is 11.5 Å².